The van der Waals surface area contributed by atoms with Gasteiger partial charge in [-0.25, -0.2) is 15.0 Å². The highest BCUT2D eigenvalue weighted by Crippen LogP contribution is 2.39. The molecule has 22 heteroatoms. The lowest BCUT2D eigenvalue weighted by Crippen LogP contribution is -2.52. The number of imidazole rings is 1. The van der Waals surface area contributed by atoms with Crippen LogP contribution in [0.3, 0.4) is 0 Å². The molecule has 0 spiro atoms. The highest BCUT2D eigenvalue weighted by molar-refractivity contribution is 7.46. The number of ether oxygens (including phenoxy) is 2. The third-order valence-electron chi connectivity index (χ3n) is 8.79. The number of hydrogen-bond acceptors (Lipinski definition) is 14. The van der Waals surface area contributed by atoms with Crippen LogP contribution < -0.4 is 21.8 Å². The van der Waals surface area contributed by atoms with Crippen molar-refractivity contribution < 1.29 is 67.4 Å². The van der Waals surface area contributed by atoms with Crippen molar-refractivity contribution in [2.45, 2.75) is 89.6 Å². The average Bonchev–Trinajstić information content (AvgIpc) is 3.78. The average molecular weight is 792 g/mol. The van der Waals surface area contributed by atoms with E-state index >= 15 is 0 Å². The number of aromatic amines is 1. The van der Waals surface area contributed by atoms with Crippen LogP contribution in [0.4, 0.5) is 0 Å². The molecule has 7 atom stereocenters. The number of aromatic nitrogens is 2. The van der Waals surface area contributed by atoms with E-state index in [1.807, 2.05) is 13.8 Å². The fourth-order valence-electron chi connectivity index (χ4n) is 5.98. The summed E-state index contributed by atoms with van der Waals surface area (Å²) in [6.07, 6.45) is 0.197. The Morgan fingerprint density at radius 1 is 1.06 bits per heavy atom. The lowest BCUT2D eigenvalue weighted by Gasteiger charge is -2.28. The number of likely N-dealkylation sites (tertiary alicyclic amines) is 1. The van der Waals surface area contributed by atoms with E-state index in [-0.39, 0.29) is 51.4 Å². The third-order valence-corrected chi connectivity index (χ3v) is 9.40. The topological polar surface area (TPSA) is 322 Å². The number of ketones is 2. The van der Waals surface area contributed by atoms with Crippen molar-refractivity contribution >= 4 is 43.0 Å². The van der Waals surface area contributed by atoms with Crippen LogP contribution in [0.5, 0.6) is 0 Å². The van der Waals surface area contributed by atoms with Crippen LogP contribution in [0, 0.1) is 17.8 Å². The van der Waals surface area contributed by atoms with Gasteiger partial charge in [-0.2, -0.15) is 0 Å². The van der Waals surface area contributed by atoms with Gasteiger partial charge in [0, 0.05) is 44.8 Å². The first-order valence-electron chi connectivity index (χ1n) is 17.4. The number of phosphoric ester groups is 1. The molecule has 2 heterocycles. The SMILES string of the molecule is COCCOCCC(=O)N1C[C@H](NO)C[C@H]1C(=O)N[C@@H](CC(C)C)C(=O)C[C@@H](Cc1cnc[nH]1)C(=O)N[C@@H](CO)C(=O)C[C@H](C(N)=O)C(C)OP(=O)(O)O. The lowest BCUT2D eigenvalue weighted by atomic mass is 9.89. The zero-order valence-electron chi connectivity index (χ0n) is 30.8. The molecule has 0 bridgehead atoms. The van der Waals surface area contributed by atoms with E-state index in [1.54, 1.807) is 0 Å². The van der Waals surface area contributed by atoms with E-state index in [0.29, 0.717) is 12.3 Å². The van der Waals surface area contributed by atoms with Crippen LogP contribution >= 0.6 is 7.82 Å². The van der Waals surface area contributed by atoms with Crippen LogP contribution in [0.2, 0.25) is 0 Å². The first-order chi connectivity index (χ1) is 25.4. The summed E-state index contributed by atoms with van der Waals surface area (Å²) in [7, 11) is -3.55. The third kappa shape index (κ3) is 15.6. The van der Waals surface area contributed by atoms with Gasteiger partial charge in [0.25, 0.3) is 0 Å². The van der Waals surface area contributed by atoms with E-state index < -0.39 is 105 Å². The lowest BCUT2D eigenvalue weighted by molar-refractivity contribution is -0.140. The maximum atomic E-state index is 13.9. The van der Waals surface area contributed by atoms with Crippen molar-refractivity contribution in [3.63, 3.8) is 0 Å². The van der Waals surface area contributed by atoms with Crippen LogP contribution in [0.1, 0.15) is 58.6 Å². The largest absolute Gasteiger partial charge is 0.469 e. The molecule has 4 amide bonds. The number of hydroxylamine groups is 1. The summed E-state index contributed by atoms with van der Waals surface area (Å²) in [5.74, 6) is -7.23. The summed E-state index contributed by atoms with van der Waals surface area (Å²) >= 11 is 0. The molecule has 1 aromatic rings. The highest BCUT2D eigenvalue weighted by atomic mass is 31.2. The van der Waals surface area contributed by atoms with Gasteiger partial charge in [-0.3, -0.25) is 33.3 Å². The number of aliphatic hydroxyl groups excluding tert-OH is 1. The van der Waals surface area contributed by atoms with E-state index in [0.717, 1.165) is 6.92 Å². The first kappa shape index (κ1) is 46.5. The number of H-pyrrole nitrogens is 1. The number of carbonyl (C=O) groups excluding carboxylic acids is 6. The molecule has 0 radical (unpaired) electrons. The Balaban J connectivity index is 2.24. The van der Waals surface area contributed by atoms with Crippen molar-refractivity contribution in [2.24, 2.45) is 23.5 Å². The summed E-state index contributed by atoms with van der Waals surface area (Å²) in [5, 5.41) is 24.7. The van der Waals surface area contributed by atoms with Gasteiger partial charge >= 0.3 is 7.82 Å². The molecule has 0 aliphatic carbocycles. The predicted molar refractivity (Wildman–Crippen MR) is 187 cm³/mol. The molecule has 1 unspecified atom stereocenters. The van der Waals surface area contributed by atoms with Crippen LogP contribution in [-0.2, 0) is 53.8 Å². The Bertz CT molecular complexity index is 1440. The van der Waals surface area contributed by atoms with E-state index in [9.17, 15) is 43.6 Å². The standard InChI is InChI=1S/C32H54N7O14P/c1-18(2)9-24(36-32(46)26-12-22(38-47)15-39(26)29(43)5-6-52-8-7-51-4)27(41)11-20(10-21-14-34-17-35-21)31(45)37-25(16-40)28(42)13-23(30(33)44)19(3)53-54(48,49)50/h14,17-20,22-26,38,40,47H,5-13,15-16H2,1-4H3,(H2,33,44)(H,34,35)(H,36,46)(H,37,45)(H2,48,49,50)/t19?,20-,22-,23+,24+,25+,26+/m1/s1. The van der Waals surface area contributed by atoms with Gasteiger partial charge in [-0.15, -0.1) is 0 Å². The molecule has 21 nitrogen and oxygen atoms in total. The Morgan fingerprint density at radius 2 is 1.74 bits per heavy atom. The maximum Gasteiger partial charge on any atom is 0.469 e. The molecule has 306 valence electrons. The van der Waals surface area contributed by atoms with Gasteiger partial charge in [0.1, 0.15) is 12.1 Å². The fraction of sp³-hybridized carbons (Fsp3) is 0.719. The van der Waals surface area contributed by atoms with Crippen molar-refractivity contribution in [3.05, 3.63) is 18.2 Å². The molecule has 0 saturated carbocycles. The summed E-state index contributed by atoms with van der Waals surface area (Å²) in [4.78, 5) is 106. The Morgan fingerprint density at radius 3 is 2.30 bits per heavy atom. The van der Waals surface area contributed by atoms with Gasteiger partial charge in [0.15, 0.2) is 11.6 Å². The smallest absolute Gasteiger partial charge is 0.394 e. The minimum Gasteiger partial charge on any atom is -0.394 e. The second-order valence-electron chi connectivity index (χ2n) is 13.5. The summed E-state index contributed by atoms with van der Waals surface area (Å²) in [6.45, 7) is 4.56. The van der Waals surface area contributed by atoms with Gasteiger partial charge in [0.05, 0.1) is 69.2 Å². The number of aliphatic hydroxyl groups is 1. The van der Waals surface area contributed by atoms with Crippen molar-refractivity contribution in [1.82, 2.24) is 31.0 Å². The van der Waals surface area contributed by atoms with Crippen LogP contribution in [0.15, 0.2) is 12.5 Å². The fourth-order valence-corrected chi connectivity index (χ4v) is 6.56. The second-order valence-corrected chi connectivity index (χ2v) is 14.7. The second kappa shape index (κ2) is 22.7. The predicted octanol–water partition coefficient (Wildman–Crippen LogP) is -1.90. The molecular weight excluding hydrogens is 737 g/mol. The van der Waals surface area contributed by atoms with Crippen LogP contribution in [0.25, 0.3) is 0 Å². The van der Waals surface area contributed by atoms with Crippen molar-refractivity contribution in [2.75, 3.05) is 40.1 Å². The molecule has 54 heavy (non-hydrogen) atoms. The van der Waals surface area contributed by atoms with Crippen molar-refractivity contribution in [3.8, 4) is 0 Å². The number of Topliss-reactive ketones (excluding diaryl/α,β-unsaturated/α-hetero) is 2. The number of phosphoric acid groups is 1. The molecule has 1 aliphatic rings. The molecule has 1 saturated heterocycles. The Hall–Kier alpha value is -3.66. The Kier molecular flexibility index (Phi) is 19.5. The zero-order valence-corrected chi connectivity index (χ0v) is 31.7. The molecule has 10 N–H and O–H groups in total. The van der Waals surface area contributed by atoms with Gasteiger partial charge in [-0.05, 0) is 25.7 Å². The zero-order chi connectivity index (χ0) is 40.6. The molecule has 1 aromatic heterocycles. The minimum absolute atomic E-state index is 0.0290. The molecule has 1 fully saturated rings. The first-order valence-corrected chi connectivity index (χ1v) is 19.0. The normalized spacial score (nSPS) is 18.8. The molecule has 2 rings (SSSR count). The number of carbonyl (C=O) groups is 6. The number of nitrogens with one attached hydrogen (secondary N) is 4. The monoisotopic (exact) mass is 791 g/mol. The number of primary amides is 1. The molecular formula is C32H54N7O14P. The number of amides is 4. The van der Waals surface area contributed by atoms with Gasteiger partial charge < -0.3 is 55.8 Å². The number of nitrogens with zero attached hydrogens (tertiary/aromatic N) is 2. The summed E-state index contributed by atoms with van der Waals surface area (Å²) in [5.41, 5.74) is 7.89. The minimum atomic E-state index is -5.06. The van der Waals surface area contributed by atoms with Gasteiger partial charge in [-0.1, -0.05) is 13.8 Å². The van der Waals surface area contributed by atoms with Gasteiger partial charge in [0.2, 0.25) is 23.6 Å². The van der Waals surface area contributed by atoms with E-state index in [4.69, 9.17) is 25.0 Å². The quantitative estimate of drug-likeness (QED) is 0.0281. The summed E-state index contributed by atoms with van der Waals surface area (Å²) < 4.78 is 26.1. The number of methoxy groups -OCH3 is 1. The van der Waals surface area contributed by atoms with E-state index in [1.165, 1.54) is 24.5 Å². The van der Waals surface area contributed by atoms with Crippen molar-refractivity contribution in [1.29, 1.82) is 0 Å². The maximum absolute atomic E-state index is 13.9. The number of rotatable bonds is 26. The van der Waals surface area contributed by atoms with E-state index in [2.05, 4.69) is 30.6 Å². The Labute approximate surface area is 312 Å². The highest BCUT2D eigenvalue weighted by Gasteiger charge is 2.41. The number of nitrogens with two attached hydrogens (primary N) is 1. The molecule has 1 aliphatic heterocycles. The molecule has 0 aromatic carbocycles. The summed E-state index contributed by atoms with van der Waals surface area (Å²) in [6, 6.07) is -4.34. The van der Waals surface area contributed by atoms with Crippen LogP contribution in [-0.4, -0.2) is 141 Å². The number of hydrogen-bond donors (Lipinski definition) is 9.